The van der Waals surface area contributed by atoms with Gasteiger partial charge < -0.3 is 14.9 Å². The molecule has 2 atom stereocenters. The van der Waals surface area contributed by atoms with E-state index in [9.17, 15) is 17.6 Å². The molecule has 0 aliphatic heterocycles. The second kappa shape index (κ2) is 14.0. The smallest absolute Gasteiger partial charge is 0.381 e. The molecule has 7 heteroatoms. The molecule has 0 spiro atoms. The van der Waals surface area contributed by atoms with Crippen LogP contribution < -0.4 is 0 Å². The van der Waals surface area contributed by atoms with Crippen molar-refractivity contribution in [3.8, 4) is 0 Å². The topological polar surface area (TPSA) is 49.7 Å². The molecule has 21 heavy (non-hydrogen) atoms. The van der Waals surface area contributed by atoms with Gasteiger partial charge in [0, 0.05) is 6.42 Å². The van der Waals surface area contributed by atoms with E-state index in [0.717, 1.165) is 0 Å². The Kier molecular flexibility index (Phi) is 14.9. The monoisotopic (exact) mass is 316 g/mol. The zero-order valence-electron chi connectivity index (χ0n) is 12.0. The first-order chi connectivity index (χ1) is 9.81. The van der Waals surface area contributed by atoms with Gasteiger partial charge in [-0.15, -0.1) is 13.2 Å². The molecule has 0 radical (unpaired) electrons. The molecule has 0 heterocycles. The summed E-state index contributed by atoms with van der Waals surface area (Å²) in [5.41, 5.74) is 0. The van der Waals surface area contributed by atoms with Crippen LogP contribution in [-0.4, -0.2) is 42.1 Å². The molecule has 2 N–H and O–H groups in total. The average Bonchev–Trinajstić information content (AvgIpc) is 2.43. The van der Waals surface area contributed by atoms with Crippen molar-refractivity contribution in [1.82, 2.24) is 0 Å². The van der Waals surface area contributed by atoms with Gasteiger partial charge in [-0.3, -0.25) is 4.39 Å². The quantitative estimate of drug-likeness (QED) is 0.348. The van der Waals surface area contributed by atoms with Crippen LogP contribution in [0.1, 0.15) is 32.1 Å². The maximum atomic E-state index is 12.8. The van der Waals surface area contributed by atoms with Gasteiger partial charge in [-0.25, -0.2) is 4.39 Å². The van der Waals surface area contributed by atoms with Crippen LogP contribution in [0.5, 0.6) is 0 Å². The fraction of sp³-hybridized carbons (Fsp3) is 0.714. The Hall–Kier alpha value is -0.920. The summed E-state index contributed by atoms with van der Waals surface area (Å²) in [5, 5.41) is 17.0. The Labute approximate surface area is 122 Å². The van der Waals surface area contributed by atoms with E-state index in [1.807, 2.05) is 0 Å². The van der Waals surface area contributed by atoms with E-state index in [1.165, 1.54) is 6.08 Å². The molecule has 0 aliphatic rings. The third kappa shape index (κ3) is 15.3. The van der Waals surface area contributed by atoms with E-state index in [0.29, 0.717) is 6.42 Å². The fourth-order valence-corrected chi connectivity index (χ4v) is 1.06. The van der Waals surface area contributed by atoms with Crippen LogP contribution >= 0.6 is 0 Å². The van der Waals surface area contributed by atoms with Crippen LogP contribution in [0, 0.1) is 0 Å². The summed E-state index contributed by atoms with van der Waals surface area (Å²) in [4.78, 5) is 0. The highest BCUT2D eigenvalue weighted by Gasteiger charge is 2.38. The van der Waals surface area contributed by atoms with E-state index in [-0.39, 0.29) is 25.7 Å². The number of hydrogen-bond acceptors (Lipinski definition) is 3. The first-order valence-corrected chi connectivity index (χ1v) is 6.61. The van der Waals surface area contributed by atoms with Crippen LogP contribution in [0.4, 0.5) is 17.6 Å². The Bertz CT molecular complexity index is 261. The van der Waals surface area contributed by atoms with Crippen molar-refractivity contribution in [1.29, 1.82) is 0 Å². The van der Waals surface area contributed by atoms with Gasteiger partial charge in [0.05, 0.1) is 13.3 Å². The molecule has 0 aromatic carbocycles. The first-order valence-electron chi connectivity index (χ1n) is 6.61. The van der Waals surface area contributed by atoms with E-state index in [1.54, 1.807) is 6.08 Å². The molecule has 0 aromatic heterocycles. The number of aliphatic hydroxyl groups is 2. The van der Waals surface area contributed by atoms with E-state index >= 15 is 0 Å². The molecule has 0 aromatic rings. The van der Waals surface area contributed by atoms with Gasteiger partial charge in [-0.1, -0.05) is 12.2 Å². The molecule has 0 aliphatic carbocycles. The second-order valence-electron chi connectivity index (χ2n) is 4.14. The average molecular weight is 316 g/mol. The highest BCUT2D eigenvalue weighted by atomic mass is 19.3. The Morgan fingerprint density at radius 3 is 2.00 bits per heavy atom. The molecule has 126 valence electrons. The third-order valence-electron chi connectivity index (χ3n) is 2.21. The van der Waals surface area contributed by atoms with Crippen LogP contribution in [0.3, 0.4) is 0 Å². The minimum absolute atomic E-state index is 0.0935. The fourth-order valence-electron chi connectivity index (χ4n) is 1.06. The zero-order chi connectivity index (χ0) is 16.7. The summed E-state index contributed by atoms with van der Waals surface area (Å²) >= 11 is 0. The highest BCUT2D eigenvalue weighted by molar-refractivity contribution is 4.73. The van der Waals surface area contributed by atoms with Crippen LogP contribution in [0.15, 0.2) is 25.3 Å². The third-order valence-corrected chi connectivity index (χ3v) is 2.21. The summed E-state index contributed by atoms with van der Waals surface area (Å²) in [6.07, 6.45) is -3.35. The van der Waals surface area contributed by atoms with Crippen molar-refractivity contribution in [3.63, 3.8) is 0 Å². The van der Waals surface area contributed by atoms with Gasteiger partial charge in [-0.2, -0.15) is 8.78 Å². The van der Waals surface area contributed by atoms with E-state index in [2.05, 4.69) is 17.9 Å². The number of ether oxygens (including phenoxy) is 1. The number of halogens is 4. The Morgan fingerprint density at radius 1 is 1.10 bits per heavy atom. The van der Waals surface area contributed by atoms with Crippen LogP contribution in [-0.2, 0) is 4.74 Å². The number of allylic oxidation sites excluding steroid dienone is 2. The van der Waals surface area contributed by atoms with Crippen molar-refractivity contribution in [2.24, 2.45) is 0 Å². The lowest BCUT2D eigenvalue weighted by atomic mass is 10.2. The van der Waals surface area contributed by atoms with Crippen molar-refractivity contribution in [2.75, 3.05) is 13.3 Å². The normalized spacial score (nSPS) is 13.8. The van der Waals surface area contributed by atoms with Crippen LogP contribution in [0.25, 0.3) is 0 Å². The number of hydrogen-bond donors (Lipinski definition) is 2. The zero-order valence-corrected chi connectivity index (χ0v) is 12.0. The molecule has 2 unspecified atom stereocenters. The van der Waals surface area contributed by atoms with Crippen molar-refractivity contribution >= 4 is 0 Å². The minimum Gasteiger partial charge on any atom is -0.384 e. The lowest BCUT2D eigenvalue weighted by molar-refractivity contribution is -0.289. The maximum absolute atomic E-state index is 12.8. The summed E-state index contributed by atoms with van der Waals surface area (Å²) in [5.74, 6) is 0. The van der Waals surface area contributed by atoms with Crippen molar-refractivity contribution in [3.05, 3.63) is 25.3 Å². The van der Waals surface area contributed by atoms with E-state index in [4.69, 9.17) is 10.2 Å². The molecule has 0 rings (SSSR count). The summed E-state index contributed by atoms with van der Waals surface area (Å²) in [6.45, 7) is 5.59. The van der Waals surface area contributed by atoms with Gasteiger partial charge in [0.2, 0.25) is 0 Å². The number of rotatable bonds is 11. The summed E-state index contributed by atoms with van der Waals surface area (Å²) in [6, 6.07) is 0. The number of aliphatic hydroxyl groups excluding tert-OH is 2. The molecule has 0 saturated heterocycles. The molecule has 0 amide bonds. The van der Waals surface area contributed by atoms with Crippen LogP contribution in [0.2, 0.25) is 0 Å². The molecule has 0 saturated carbocycles. The summed E-state index contributed by atoms with van der Waals surface area (Å²) in [7, 11) is 0. The lowest BCUT2D eigenvalue weighted by Gasteiger charge is -2.21. The molecule has 0 bridgehead atoms. The number of alkyl halides is 4. The van der Waals surface area contributed by atoms with Crippen molar-refractivity contribution in [2.45, 2.75) is 50.7 Å². The molecular formula is C14H24F4O3. The van der Waals surface area contributed by atoms with Crippen molar-refractivity contribution < 1.29 is 32.5 Å². The summed E-state index contributed by atoms with van der Waals surface area (Å²) < 4.78 is 52.7. The highest BCUT2D eigenvalue weighted by Crippen LogP contribution is 2.23. The SMILES string of the molecule is C=CCCC(O)C(F)(F)OCCCF.C=CCCC(O)F. The second-order valence-corrected chi connectivity index (χ2v) is 4.14. The standard InChI is InChI=1S/C9H15F3O2.C5H9FO/c1-2-3-5-8(13)9(11,12)14-7-4-6-10;1-2-3-4-5(6)7/h2,8,13H,1,3-7H2;2,5,7H,1,3-4H2. The van der Waals surface area contributed by atoms with Gasteiger partial charge in [0.25, 0.3) is 0 Å². The van der Waals surface area contributed by atoms with Gasteiger partial charge in [0.1, 0.15) is 6.10 Å². The molecule has 3 nitrogen and oxygen atoms in total. The molecular weight excluding hydrogens is 292 g/mol. The largest absolute Gasteiger partial charge is 0.384 e. The minimum atomic E-state index is -3.60. The van der Waals surface area contributed by atoms with Gasteiger partial charge in [0.15, 0.2) is 6.36 Å². The predicted octanol–water partition coefficient (Wildman–Crippen LogP) is 3.52. The van der Waals surface area contributed by atoms with E-state index < -0.39 is 31.9 Å². The van der Waals surface area contributed by atoms with Gasteiger partial charge in [-0.05, 0) is 25.7 Å². The van der Waals surface area contributed by atoms with Gasteiger partial charge >= 0.3 is 6.11 Å². The Morgan fingerprint density at radius 2 is 1.62 bits per heavy atom. The Balaban J connectivity index is 0. The molecule has 0 fully saturated rings. The predicted molar refractivity (Wildman–Crippen MR) is 73.5 cm³/mol. The lowest BCUT2D eigenvalue weighted by Crippen LogP contribution is -2.36. The maximum Gasteiger partial charge on any atom is 0.381 e. The first kappa shape index (κ1) is 22.4.